The summed E-state index contributed by atoms with van der Waals surface area (Å²) in [5, 5.41) is 2.73. The van der Waals surface area contributed by atoms with Crippen molar-refractivity contribution in [2.24, 2.45) is 5.92 Å². The molecule has 1 amide bonds. The summed E-state index contributed by atoms with van der Waals surface area (Å²) in [4.78, 5) is 10.3. The van der Waals surface area contributed by atoms with Crippen molar-refractivity contribution in [2.75, 3.05) is 19.8 Å². The second kappa shape index (κ2) is 9.97. The van der Waals surface area contributed by atoms with Gasteiger partial charge in [-0.25, -0.2) is 0 Å². The van der Waals surface area contributed by atoms with Crippen LogP contribution < -0.4 is 5.32 Å². The van der Waals surface area contributed by atoms with Gasteiger partial charge in [0.15, 0.2) is 0 Å². The van der Waals surface area contributed by atoms with E-state index < -0.39 is 0 Å². The Bertz CT molecular complexity index is 144. The maximum Gasteiger partial charge on any atom is 0.220 e. The van der Waals surface area contributed by atoms with Gasteiger partial charge in [-0.2, -0.15) is 0 Å². The molecule has 2 aliphatic heterocycles. The van der Waals surface area contributed by atoms with Crippen LogP contribution in [0.3, 0.4) is 0 Å². The van der Waals surface area contributed by atoms with Gasteiger partial charge in [-0.3, -0.25) is 4.79 Å². The highest BCUT2D eigenvalue weighted by Gasteiger charge is 2.15. The van der Waals surface area contributed by atoms with E-state index in [0.29, 0.717) is 5.92 Å². The number of hydrogen-bond donors (Lipinski definition) is 1. The van der Waals surface area contributed by atoms with Gasteiger partial charge in [-0.1, -0.05) is 20.8 Å². The van der Waals surface area contributed by atoms with Crippen LogP contribution in [-0.4, -0.2) is 25.7 Å². The number of hydrogen-bond acceptors (Lipinski definition) is 2. The Morgan fingerprint density at radius 3 is 1.93 bits per heavy atom. The van der Waals surface area contributed by atoms with Crippen molar-refractivity contribution >= 4 is 5.91 Å². The van der Waals surface area contributed by atoms with E-state index in [9.17, 15) is 4.79 Å². The molecule has 1 atom stereocenters. The smallest absolute Gasteiger partial charge is 0.220 e. The molecule has 2 fully saturated rings. The van der Waals surface area contributed by atoms with E-state index in [0.717, 1.165) is 26.2 Å². The summed E-state index contributed by atoms with van der Waals surface area (Å²) in [6.45, 7) is 8.94. The van der Waals surface area contributed by atoms with E-state index in [4.69, 9.17) is 4.74 Å². The van der Waals surface area contributed by atoms with Gasteiger partial charge in [0.2, 0.25) is 5.91 Å². The van der Waals surface area contributed by atoms with Crippen molar-refractivity contribution in [3.05, 3.63) is 0 Å². The van der Waals surface area contributed by atoms with Gasteiger partial charge in [0, 0.05) is 26.2 Å². The predicted molar refractivity (Wildman–Crippen MR) is 62.8 cm³/mol. The lowest BCUT2D eigenvalue weighted by atomic mass is 10.2. The van der Waals surface area contributed by atoms with Crippen LogP contribution in [0.15, 0.2) is 0 Å². The normalized spacial score (nSPS) is 24.2. The lowest BCUT2D eigenvalue weighted by molar-refractivity contribution is -0.119. The summed E-state index contributed by atoms with van der Waals surface area (Å²) in [6, 6.07) is 0. The molecule has 3 heteroatoms. The fourth-order valence-electron chi connectivity index (χ4n) is 1.44. The molecule has 0 aromatic carbocycles. The molecule has 0 saturated carbocycles. The predicted octanol–water partition coefficient (Wildman–Crippen LogP) is 2.36. The molecular weight excluding hydrogens is 190 g/mol. The van der Waals surface area contributed by atoms with Gasteiger partial charge in [0.25, 0.3) is 0 Å². The summed E-state index contributed by atoms with van der Waals surface area (Å²) >= 11 is 0. The molecule has 0 spiro atoms. The Morgan fingerprint density at radius 1 is 1.20 bits per heavy atom. The number of carbonyl (C=O) groups excluding carboxylic acids is 1. The van der Waals surface area contributed by atoms with Crippen molar-refractivity contribution in [1.82, 2.24) is 5.32 Å². The summed E-state index contributed by atoms with van der Waals surface area (Å²) in [7, 11) is 0. The van der Waals surface area contributed by atoms with Gasteiger partial charge >= 0.3 is 0 Å². The van der Waals surface area contributed by atoms with Crippen LogP contribution in [0.25, 0.3) is 0 Å². The van der Waals surface area contributed by atoms with Crippen molar-refractivity contribution in [3.63, 3.8) is 0 Å². The van der Waals surface area contributed by atoms with E-state index in [1.165, 1.54) is 19.3 Å². The minimum absolute atomic E-state index is 0.201. The highest BCUT2D eigenvalue weighted by molar-refractivity contribution is 5.78. The number of ether oxygens (including phenoxy) is 1. The van der Waals surface area contributed by atoms with Crippen molar-refractivity contribution in [3.8, 4) is 0 Å². The van der Waals surface area contributed by atoms with Crippen LogP contribution in [0.1, 0.15) is 46.5 Å². The molecule has 0 bridgehead atoms. The largest absolute Gasteiger partial charge is 0.381 e. The summed E-state index contributed by atoms with van der Waals surface area (Å²) in [5.74, 6) is 0.764. The zero-order valence-electron chi connectivity index (χ0n) is 10.3. The number of nitrogens with one attached hydrogen (secondary N) is 1. The second-order valence-corrected chi connectivity index (χ2v) is 3.79. The van der Waals surface area contributed by atoms with Crippen LogP contribution >= 0.6 is 0 Å². The van der Waals surface area contributed by atoms with Crippen molar-refractivity contribution < 1.29 is 9.53 Å². The van der Waals surface area contributed by atoms with Crippen molar-refractivity contribution in [2.45, 2.75) is 46.5 Å². The molecule has 1 N–H and O–H groups in total. The molecule has 2 aliphatic rings. The minimum atomic E-state index is 0.201. The van der Waals surface area contributed by atoms with Gasteiger partial charge in [-0.05, 0) is 25.2 Å². The average Bonchev–Trinajstić information content (AvgIpc) is 2.69. The average molecular weight is 215 g/mol. The lowest BCUT2D eigenvalue weighted by Crippen LogP contribution is -2.13. The summed E-state index contributed by atoms with van der Waals surface area (Å²) < 4.78 is 5.07. The summed E-state index contributed by atoms with van der Waals surface area (Å²) in [5.41, 5.74) is 0. The highest BCUT2D eigenvalue weighted by Crippen LogP contribution is 2.05. The molecule has 15 heavy (non-hydrogen) atoms. The van der Waals surface area contributed by atoms with Crippen molar-refractivity contribution in [1.29, 1.82) is 0 Å². The van der Waals surface area contributed by atoms with Crippen LogP contribution in [0.2, 0.25) is 0 Å². The van der Waals surface area contributed by atoms with Crippen LogP contribution in [0.5, 0.6) is 0 Å². The van der Waals surface area contributed by atoms with Gasteiger partial charge in [0.1, 0.15) is 0 Å². The molecule has 0 aromatic heterocycles. The Labute approximate surface area is 93.6 Å². The van der Waals surface area contributed by atoms with Crippen LogP contribution in [0.4, 0.5) is 0 Å². The van der Waals surface area contributed by atoms with Crippen LogP contribution in [0, 0.1) is 5.92 Å². The molecule has 0 radical (unpaired) electrons. The van der Waals surface area contributed by atoms with E-state index in [-0.39, 0.29) is 5.91 Å². The molecule has 0 aliphatic carbocycles. The Hall–Kier alpha value is -0.570. The number of amides is 1. The number of rotatable bonds is 0. The van der Waals surface area contributed by atoms with E-state index >= 15 is 0 Å². The third-order valence-electron chi connectivity index (χ3n) is 2.26. The molecule has 0 aromatic rings. The lowest BCUT2D eigenvalue weighted by Gasteiger charge is -2.08. The third-order valence-corrected chi connectivity index (χ3v) is 2.26. The topological polar surface area (TPSA) is 38.3 Å². The first-order valence-electron chi connectivity index (χ1n) is 6.13. The molecule has 2 heterocycles. The standard InChI is InChI=1S/C5H9NO.C5H10O.C2H6/c1-4-2-5(7)6-3-4;1-2-4-6-5-3-1;1-2/h4H,2-3H2,1H3,(H,6,7);1-5H2;1-2H3. The first-order chi connectivity index (χ1) is 7.29. The highest BCUT2D eigenvalue weighted by atomic mass is 16.5. The quantitative estimate of drug-likeness (QED) is 0.673. The number of carbonyl (C=O) groups is 1. The minimum Gasteiger partial charge on any atom is -0.381 e. The maximum atomic E-state index is 10.3. The third kappa shape index (κ3) is 8.43. The zero-order valence-corrected chi connectivity index (χ0v) is 10.3. The molecule has 2 rings (SSSR count). The maximum absolute atomic E-state index is 10.3. The van der Waals surface area contributed by atoms with Gasteiger partial charge in [-0.15, -0.1) is 0 Å². The Morgan fingerprint density at radius 2 is 1.80 bits per heavy atom. The SMILES string of the molecule is C1CCOCC1.CC.CC1CNC(=O)C1. The Kier molecular flexibility index (Phi) is 9.59. The second-order valence-electron chi connectivity index (χ2n) is 3.79. The monoisotopic (exact) mass is 215 g/mol. The first-order valence-corrected chi connectivity index (χ1v) is 6.13. The van der Waals surface area contributed by atoms with Crippen LogP contribution in [-0.2, 0) is 9.53 Å². The molecule has 1 unspecified atom stereocenters. The first kappa shape index (κ1) is 14.4. The van der Waals surface area contributed by atoms with Gasteiger partial charge in [0.05, 0.1) is 0 Å². The van der Waals surface area contributed by atoms with Gasteiger partial charge < -0.3 is 10.1 Å². The zero-order chi connectivity index (χ0) is 11.5. The molecular formula is C12H25NO2. The van der Waals surface area contributed by atoms with E-state index in [2.05, 4.69) is 12.2 Å². The Balaban J connectivity index is 0.000000227. The van der Waals surface area contributed by atoms with E-state index in [1.807, 2.05) is 13.8 Å². The molecule has 90 valence electrons. The summed E-state index contributed by atoms with van der Waals surface area (Å²) in [6.07, 6.45) is 4.65. The molecule has 2 saturated heterocycles. The fraction of sp³-hybridized carbons (Fsp3) is 0.917. The van der Waals surface area contributed by atoms with E-state index in [1.54, 1.807) is 0 Å². The molecule has 3 nitrogen and oxygen atoms in total. The fourth-order valence-corrected chi connectivity index (χ4v) is 1.44.